The highest BCUT2D eigenvalue weighted by molar-refractivity contribution is 5.48. The second-order valence-corrected chi connectivity index (χ2v) is 8.38. The zero-order chi connectivity index (χ0) is 19.2. The van der Waals surface area contributed by atoms with Crippen LogP contribution in [0.25, 0.3) is 6.08 Å². The SMILES string of the molecule is OCC1CN(CC=Cc2ccccc2)CCC12CCN(Cc1ncc[nH]1)CC2. The highest BCUT2D eigenvalue weighted by Gasteiger charge is 2.44. The van der Waals surface area contributed by atoms with E-state index >= 15 is 0 Å². The van der Waals surface area contributed by atoms with Gasteiger partial charge < -0.3 is 10.1 Å². The number of nitrogens with one attached hydrogen (secondary N) is 1. The molecule has 2 aliphatic rings. The Hall–Kier alpha value is -1.95. The lowest BCUT2D eigenvalue weighted by Gasteiger charge is -2.51. The van der Waals surface area contributed by atoms with Gasteiger partial charge in [-0.25, -0.2) is 4.98 Å². The molecular formula is C23H32N4O. The molecule has 3 heterocycles. The van der Waals surface area contributed by atoms with E-state index in [2.05, 4.69) is 56.2 Å². The third-order valence-electron chi connectivity index (χ3n) is 6.74. The Kier molecular flexibility index (Phi) is 6.25. The molecular weight excluding hydrogens is 348 g/mol. The summed E-state index contributed by atoms with van der Waals surface area (Å²) in [7, 11) is 0. The molecule has 2 fully saturated rings. The average molecular weight is 381 g/mol. The van der Waals surface area contributed by atoms with Gasteiger partial charge in [-0.05, 0) is 49.9 Å². The zero-order valence-electron chi connectivity index (χ0n) is 16.6. The Morgan fingerprint density at radius 2 is 1.86 bits per heavy atom. The maximum atomic E-state index is 10.1. The Labute approximate surface area is 168 Å². The van der Waals surface area contributed by atoms with Gasteiger partial charge >= 0.3 is 0 Å². The van der Waals surface area contributed by atoms with Gasteiger partial charge in [0, 0.05) is 38.0 Å². The second-order valence-electron chi connectivity index (χ2n) is 8.38. The Bertz CT molecular complexity index is 735. The van der Waals surface area contributed by atoms with Crippen molar-refractivity contribution >= 4 is 6.08 Å². The Morgan fingerprint density at radius 3 is 2.54 bits per heavy atom. The third kappa shape index (κ3) is 4.54. The van der Waals surface area contributed by atoms with Crippen molar-refractivity contribution in [2.45, 2.75) is 25.8 Å². The summed E-state index contributed by atoms with van der Waals surface area (Å²) in [5, 5.41) is 10.1. The molecule has 5 nitrogen and oxygen atoms in total. The molecule has 0 saturated carbocycles. The smallest absolute Gasteiger partial charge is 0.120 e. The van der Waals surface area contributed by atoms with Gasteiger partial charge in [0.15, 0.2) is 0 Å². The summed E-state index contributed by atoms with van der Waals surface area (Å²) in [5.41, 5.74) is 1.56. The van der Waals surface area contributed by atoms with Crippen LogP contribution in [0.5, 0.6) is 0 Å². The molecule has 1 spiro atoms. The first-order chi connectivity index (χ1) is 13.8. The highest BCUT2D eigenvalue weighted by atomic mass is 16.3. The zero-order valence-corrected chi connectivity index (χ0v) is 16.6. The van der Waals surface area contributed by atoms with E-state index in [0.717, 1.165) is 45.1 Å². The summed E-state index contributed by atoms with van der Waals surface area (Å²) in [6, 6.07) is 10.5. The van der Waals surface area contributed by atoms with Crippen molar-refractivity contribution in [3.8, 4) is 0 Å². The molecule has 0 amide bonds. The number of aromatic nitrogens is 2. The topological polar surface area (TPSA) is 55.4 Å². The molecule has 4 rings (SSSR count). The van der Waals surface area contributed by atoms with Crippen LogP contribution in [0.2, 0.25) is 0 Å². The molecule has 0 aliphatic carbocycles. The number of benzene rings is 1. The van der Waals surface area contributed by atoms with Crippen LogP contribution in [0.15, 0.2) is 48.8 Å². The number of hydrogen-bond acceptors (Lipinski definition) is 4. The molecule has 0 radical (unpaired) electrons. The summed E-state index contributed by atoms with van der Waals surface area (Å²) in [6.45, 7) is 6.52. The molecule has 150 valence electrons. The number of aromatic amines is 1. The minimum Gasteiger partial charge on any atom is -0.396 e. The predicted molar refractivity (Wildman–Crippen MR) is 113 cm³/mol. The van der Waals surface area contributed by atoms with E-state index in [1.54, 1.807) is 0 Å². The number of rotatable bonds is 6. The van der Waals surface area contributed by atoms with Crippen molar-refractivity contribution in [3.05, 3.63) is 60.2 Å². The first-order valence-electron chi connectivity index (χ1n) is 10.5. The lowest BCUT2D eigenvalue weighted by Crippen LogP contribution is -2.53. The molecule has 2 N–H and O–H groups in total. The van der Waals surface area contributed by atoms with Gasteiger partial charge in [-0.3, -0.25) is 9.80 Å². The van der Waals surface area contributed by atoms with Crippen LogP contribution in [-0.4, -0.2) is 64.2 Å². The summed E-state index contributed by atoms with van der Waals surface area (Å²) in [6.07, 6.45) is 11.7. The van der Waals surface area contributed by atoms with Gasteiger partial charge in [-0.1, -0.05) is 42.5 Å². The van der Waals surface area contributed by atoms with Crippen LogP contribution in [0, 0.1) is 11.3 Å². The number of hydrogen-bond donors (Lipinski definition) is 2. The van der Waals surface area contributed by atoms with Crippen molar-refractivity contribution in [1.29, 1.82) is 0 Å². The number of aliphatic hydroxyl groups is 1. The van der Waals surface area contributed by atoms with Crippen LogP contribution in [-0.2, 0) is 6.54 Å². The van der Waals surface area contributed by atoms with Gasteiger partial charge in [0.25, 0.3) is 0 Å². The Balaban J connectivity index is 1.29. The minimum atomic E-state index is 0.303. The third-order valence-corrected chi connectivity index (χ3v) is 6.74. The van der Waals surface area contributed by atoms with Crippen molar-refractivity contribution in [1.82, 2.24) is 19.8 Å². The standard InChI is InChI=1S/C23H32N4O/c28-19-21-17-26(13-4-7-20-5-2-1-3-6-20)14-8-23(21)9-15-27(16-10-23)18-22-24-11-12-25-22/h1-7,11-12,21,28H,8-10,13-19H2,(H,24,25). The normalized spacial score (nSPS) is 23.5. The largest absolute Gasteiger partial charge is 0.396 e. The Morgan fingerprint density at radius 1 is 1.11 bits per heavy atom. The molecule has 1 unspecified atom stereocenters. The monoisotopic (exact) mass is 380 g/mol. The summed E-state index contributed by atoms with van der Waals surface area (Å²) in [4.78, 5) is 12.6. The number of H-pyrrole nitrogens is 1. The number of piperidine rings is 2. The first-order valence-corrected chi connectivity index (χ1v) is 10.5. The van der Waals surface area contributed by atoms with Gasteiger partial charge in [0.1, 0.15) is 5.82 Å². The van der Waals surface area contributed by atoms with E-state index in [0.29, 0.717) is 17.9 Å². The molecule has 1 atom stereocenters. The summed E-state index contributed by atoms with van der Waals surface area (Å²) in [5.74, 6) is 1.44. The second kappa shape index (κ2) is 9.03. The number of nitrogens with zero attached hydrogens (tertiary/aromatic N) is 3. The van der Waals surface area contributed by atoms with E-state index in [-0.39, 0.29) is 0 Å². The van der Waals surface area contributed by atoms with Crippen molar-refractivity contribution < 1.29 is 5.11 Å². The molecule has 2 saturated heterocycles. The van der Waals surface area contributed by atoms with Gasteiger partial charge in [0.2, 0.25) is 0 Å². The van der Waals surface area contributed by atoms with E-state index in [1.807, 2.05) is 18.5 Å². The maximum Gasteiger partial charge on any atom is 0.120 e. The average Bonchev–Trinajstić information content (AvgIpc) is 3.25. The molecule has 2 aliphatic heterocycles. The molecule has 0 bridgehead atoms. The fourth-order valence-corrected chi connectivity index (χ4v) is 4.91. The predicted octanol–water partition coefficient (Wildman–Crippen LogP) is 3.02. The van der Waals surface area contributed by atoms with Crippen molar-refractivity contribution in [2.75, 3.05) is 39.3 Å². The number of likely N-dealkylation sites (tertiary alicyclic amines) is 2. The lowest BCUT2D eigenvalue weighted by molar-refractivity contribution is -0.0404. The van der Waals surface area contributed by atoms with Crippen LogP contribution in [0.1, 0.15) is 30.7 Å². The quantitative estimate of drug-likeness (QED) is 0.809. The lowest BCUT2D eigenvalue weighted by atomic mass is 9.64. The molecule has 28 heavy (non-hydrogen) atoms. The van der Waals surface area contributed by atoms with E-state index < -0.39 is 0 Å². The van der Waals surface area contributed by atoms with Gasteiger partial charge in [0.05, 0.1) is 6.54 Å². The van der Waals surface area contributed by atoms with Crippen LogP contribution in [0.4, 0.5) is 0 Å². The van der Waals surface area contributed by atoms with Crippen LogP contribution >= 0.6 is 0 Å². The molecule has 1 aromatic heterocycles. The molecule has 5 heteroatoms. The first kappa shape index (κ1) is 19.4. The summed E-state index contributed by atoms with van der Waals surface area (Å²) < 4.78 is 0. The van der Waals surface area contributed by atoms with Gasteiger partial charge in [-0.2, -0.15) is 0 Å². The van der Waals surface area contributed by atoms with Gasteiger partial charge in [-0.15, -0.1) is 0 Å². The van der Waals surface area contributed by atoms with Crippen molar-refractivity contribution in [2.24, 2.45) is 11.3 Å². The maximum absolute atomic E-state index is 10.1. The number of imidazole rings is 1. The van der Waals surface area contributed by atoms with Crippen LogP contribution in [0.3, 0.4) is 0 Å². The van der Waals surface area contributed by atoms with Crippen LogP contribution < -0.4 is 0 Å². The minimum absolute atomic E-state index is 0.303. The summed E-state index contributed by atoms with van der Waals surface area (Å²) >= 11 is 0. The van der Waals surface area contributed by atoms with Crippen molar-refractivity contribution in [3.63, 3.8) is 0 Å². The highest BCUT2D eigenvalue weighted by Crippen LogP contribution is 2.45. The molecule has 2 aromatic rings. The number of aliphatic hydroxyl groups excluding tert-OH is 1. The van der Waals surface area contributed by atoms with E-state index in [9.17, 15) is 5.11 Å². The van der Waals surface area contributed by atoms with E-state index in [1.165, 1.54) is 24.8 Å². The fraction of sp³-hybridized carbons (Fsp3) is 0.522. The molecule has 1 aromatic carbocycles. The van der Waals surface area contributed by atoms with E-state index in [4.69, 9.17) is 0 Å². The fourth-order valence-electron chi connectivity index (χ4n) is 4.91.